The number of ether oxygens (including phenoxy) is 3. The summed E-state index contributed by atoms with van der Waals surface area (Å²) in [5.74, 6) is 1.75. The van der Waals surface area contributed by atoms with Gasteiger partial charge in [-0.15, -0.1) is 0 Å². The number of nitrogens with two attached hydrogens (primary N) is 1. The molecule has 198 valence electrons. The number of quaternary nitrogens is 1. The fraction of sp³-hybridized carbons (Fsp3) is 0.444. The molecular weight excluding hydrogens is 492 g/mol. The molecule has 3 atom stereocenters. The molecule has 2 aromatic rings. The Bertz CT molecular complexity index is 1260. The molecule has 3 aliphatic rings. The molecule has 0 aliphatic carbocycles. The Labute approximate surface area is 218 Å². The average Bonchev–Trinajstić information content (AvgIpc) is 3.46. The molecule has 0 saturated carbocycles. The first-order valence-corrected chi connectivity index (χ1v) is 14.2. The Morgan fingerprint density at radius 2 is 2.03 bits per heavy atom. The van der Waals surface area contributed by atoms with E-state index in [1.165, 1.54) is 0 Å². The summed E-state index contributed by atoms with van der Waals surface area (Å²) in [6.45, 7) is 3.06. The van der Waals surface area contributed by atoms with E-state index in [4.69, 9.17) is 24.9 Å². The fourth-order valence-electron chi connectivity index (χ4n) is 5.40. The van der Waals surface area contributed by atoms with Gasteiger partial charge in [-0.3, -0.25) is 0 Å². The number of rotatable bonds is 8. The topological polar surface area (TPSA) is 104 Å². The smallest absolute Gasteiger partial charge is 0.262 e. The molecule has 10 heteroatoms. The van der Waals surface area contributed by atoms with Gasteiger partial charge in [0.2, 0.25) is 15.8 Å². The van der Waals surface area contributed by atoms with Crippen molar-refractivity contribution in [2.24, 2.45) is 5.73 Å². The van der Waals surface area contributed by atoms with Gasteiger partial charge in [0.15, 0.2) is 5.75 Å². The van der Waals surface area contributed by atoms with Crippen LogP contribution in [0.25, 0.3) is 0 Å². The molecule has 2 N–H and O–H groups in total. The van der Waals surface area contributed by atoms with E-state index < -0.39 is 10.0 Å². The number of pyridine rings is 1. The number of benzene rings is 1. The Morgan fingerprint density at radius 1 is 1.19 bits per heavy atom. The summed E-state index contributed by atoms with van der Waals surface area (Å²) in [4.78, 5) is 5.29. The number of methoxy groups -OCH3 is 1. The van der Waals surface area contributed by atoms with Crippen LogP contribution in [-0.2, 0) is 14.8 Å². The predicted molar refractivity (Wildman–Crippen MR) is 142 cm³/mol. The summed E-state index contributed by atoms with van der Waals surface area (Å²) in [6.07, 6.45) is 8.60. The van der Waals surface area contributed by atoms with Crippen LogP contribution in [0, 0.1) is 0 Å². The van der Waals surface area contributed by atoms with Crippen molar-refractivity contribution in [1.82, 2.24) is 13.8 Å². The third kappa shape index (κ3) is 5.17. The summed E-state index contributed by atoms with van der Waals surface area (Å²) < 4.78 is 46.3. The molecule has 1 aromatic carbocycles. The lowest BCUT2D eigenvalue weighted by Gasteiger charge is -2.45. The molecule has 37 heavy (non-hydrogen) atoms. The van der Waals surface area contributed by atoms with Crippen molar-refractivity contribution >= 4 is 15.8 Å². The van der Waals surface area contributed by atoms with Crippen molar-refractivity contribution in [3.63, 3.8) is 0 Å². The standard InChI is InChI=1S/C27H35N4O5S/c1-34-25-11-12-26(29-27(25)36-23-13-16-35-20-23)31(15-6-7-21(17-28)19-31)22-8-5-14-30(18-22)37(32,33)24-9-3-2-4-10-24/h2-4,6-7,9-12,19,22-23H,5,8,13-18,20,28H2,1H3/q+1/t22?,23-,31?/m1/s1. The van der Waals surface area contributed by atoms with Gasteiger partial charge in [0.25, 0.3) is 5.88 Å². The molecule has 4 heterocycles. The minimum atomic E-state index is -3.62. The third-order valence-electron chi connectivity index (χ3n) is 7.39. The second kappa shape index (κ2) is 10.9. The van der Waals surface area contributed by atoms with E-state index in [0.717, 1.165) is 30.7 Å². The fourth-order valence-corrected chi connectivity index (χ4v) is 6.94. The van der Waals surface area contributed by atoms with Gasteiger partial charge in [-0.1, -0.05) is 24.3 Å². The summed E-state index contributed by atoms with van der Waals surface area (Å²) >= 11 is 0. The van der Waals surface area contributed by atoms with Crippen LogP contribution in [0.1, 0.15) is 19.3 Å². The number of piperidine rings is 1. The van der Waals surface area contributed by atoms with Crippen LogP contribution >= 0.6 is 0 Å². The maximum Gasteiger partial charge on any atom is 0.262 e. The van der Waals surface area contributed by atoms with Gasteiger partial charge in [-0.05, 0) is 30.7 Å². The van der Waals surface area contributed by atoms with Gasteiger partial charge < -0.3 is 19.9 Å². The summed E-state index contributed by atoms with van der Waals surface area (Å²) in [6, 6.07) is 12.4. The van der Waals surface area contributed by atoms with Gasteiger partial charge in [-0.25, -0.2) is 12.9 Å². The zero-order valence-electron chi connectivity index (χ0n) is 21.2. The zero-order chi connectivity index (χ0) is 25.9. The molecule has 0 bridgehead atoms. The van der Waals surface area contributed by atoms with Crippen molar-refractivity contribution in [1.29, 1.82) is 0 Å². The summed E-state index contributed by atoms with van der Waals surface area (Å²) in [7, 11) is -2.02. The number of nitrogens with zero attached hydrogens (tertiary/aromatic N) is 3. The predicted octanol–water partition coefficient (Wildman–Crippen LogP) is 2.83. The first-order valence-electron chi connectivity index (χ1n) is 12.8. The highest BCUT2D eigenvalue weighted by atomic mass is 32.2. The number of hydrogen-bond donors (Lipinski definition) is 1. The maximum atomic E-state index is 13.5. The molecule has 2 unspecified atom stereocenters. The first-order chi connectivity index (χ1) is 18.0. The van der Waals surface area contributed by atoms with Crippen LogP contribution in [0.4, 0.5) is 5.82 Å². The minimum absolute atomic E-state index is 0.0534. The molecule has 2 fully saturated rings. The van der Waals surface area contributed by atoms with Crippen LogP contribution in [0.2, 0.25) is 0 Å². The lowest BCUT2D eigenvalue weighted by atomic mass is 10.00. The molecule has 0 radical (unpaired) electrons. The molecule has 5 rings (SSSR count). The lowest BCUT2D eigenvalue weighted by Crippen LogP contribution is -2.60. The molecular formula is C27H35N4O5S+. The summed E-state index contributed by atoms with van der Waals surface area (Å²) in [5, 5.41) is 0. The van der Waals surface area contributed by atoms with Gasteiger partial charge in [0.1, 0.15) is 24.9 Å². The normalized spacial score (nSPS) is 26.6. The van der Waals surface area contributed by atoms with Crippen LogP contribution in [0.15, 0.2) is 71.3 Å². The van der Waals surface area contributed by atoms with E-state index in [1.807, 2.05) is 24.3 Å². The molecule has 1 aromatic heterocycles. The minimum Gasteiger partial charge on any atom is -0.491 e. The molecule has 9 nitrogen and oxygen atoms in total. The highest BCUT2D eigenvalue weighted by Crippen LogP contribution is 2.38. The third-order valence-corrected chi connectivity index (χ3v) is 9.27. The van der Waals surface area contributed by atoms with E-state index in [9.17, 15) is 8.42 Å². The molecule has 2 saturated heterocycles. The van der Waals surface area contributed by atoms with Crippen molar-refractivity contribution in [3.8, 4) is 11.6 Å². The van der Waals surface area contributed by atoms with Crippen LogP contribution < -0.4 is 19.7 Å². The first kappa shape index (κ1) is 25.9. The SMILES string of the molecule is COc1ccc([N+]2(C3CCCN(S(=O)(=O)c4ccccc4)C3)C=C(CN)C=CC2)nc1O[C@@H]1CCOC1. The maximum absolute atomic E-state index is 13.5. The number of aromatic nitrogens is 1. The second-order valence-electron chi connectivity index (χ2n) is 9.68. The van der Waals surface area contributed by atoms with Crippen LogP contribution in [0.3, 0.4) is 0 Å². The highest BCUT2D eigenvalue weighted by Gasteiger charge is 2.45. The van der Waals surface area contributed by atoms with Crippen LogP contribution in [-0.4, -0.2) is 76.4 Å². The monoisotopic (exact) mass is 527 g/mol. The zero-order valence-corrected chi connectivity index (χ0v) is 22.0. The largest absolute Gasteiger partial charge is 0.491 e. The van der Waals surface area contributed by atoms with E-state index in [2.05, 4.69) is 12.3 Å². The quantitative estimate of drug-likeness (QED) is 0.527. The van der Waals surface area contributed by atoms with E-state index in [1.54, 1.807) is 35.7 Å². The van der Waals surface area contributed by atoms with Crippen molar-refractivity contribution in [2.75, 3.05) is 46.5 Å². The van der Waals surface area contributed by atoms with Crippen molar-refractivity contribution in [3.05, 3.63) is 66.4 Å². The van der Waals surface area contributed by atoms with E-state index in [0.29, 0.717) is 60.4 Å². The average molecular weight is 528 g/mol. The molecule has 0 amide bonds. The van der Waals surface area contributed by atoms with Gasteiger partial charge in [0, 0.05) is 37.6 Å². The van der Waals surface area contributed by atoms with Crippen molar-refractivity contribution < 1.29 is 22.6 Å². The lowest BCUT2D eigenvalue weighted by molar-refractivity contribution is 0.134. The summed E-state index contributed by atoms with van der Waals surface area (Å²) in [5.41, 5.74) is 7.06. The Morgan fingerprint density at radius 3 is 2.76 bits per heavy atom. The Kier molecular flexibility index (Phi) is 7.64. The van der Waals surface area contributed by atoms with Gasteiger partial charge >= 0.3 is 0 Å². The van der Waals surface area contributed by atoms with Crippen molar-refractivity contribution in [2.45, 2.75) is 36.3 Å². The highest BCUT2D eigenvalue weighted by molar-refractivity contribution is 7.89. The molecule has 3 aliphatic heterocycles. The Balaban J connectivity index is 1.53. The van der Waals surface area contributed by atoms with Gasteiger partial charge in [-0.2, -0.15) is 9.29 Å². The Hall–Kier alpha value is -2.76. The molecule has 0 spiro atoms. The van der Waals surface area contributed by atoms with E-state index >= 15 is 0 Å². The second-order valence-corrected chi connectivity index (χ2v) is 11.6. The number of hydrogen-bond acceptors (Lipinski definition) is 7. The van der Waals surface area contributed by atoms with Crippen LogP contribution in [0.5, 0.6) is 11.6 Å². The van der Waals surface area contributed by atoms with Gasteiger partial charge in [0.05, 0.1) is 31.8 Å². The van der Waals surface area contributed by atoms with E-state index in [-0.39, 0.29) is 12.1 Å². The number of sulfonamides is 1.